The van der Waals surface area contributed by atoms with Gasteiger partial charge in [-0.15, -0.1) is 0 Å². The Morgan fingerprint density at radius 1 is 1.35 bits per heavy atom. The highest BCUT2D eigenvalue weighted by atomic mass is 16.5. The van der Waals surface area contributed by atoms with Gasteiger partial charge in [-0.3, -0.25) is 14.2 Å². The Morgan fingerprint density at radius 2 is 2.08 bits per heavy atom. The summed E-state index contributed by atoms with van der Waals surface area (Å²) in [6, 6.07) is 5.43. The summed E-state index contributed by atoms with van der Waals surface area (Å²) >= 11 is 0. The van der Waals surface area contributed by atoms with Crippen molar-refractivity contribution in [3.8, 4) is 0 Å². The predicted molar refractivity (Wildman–Crippen MR) is 98.8 cm³/mol. The second kappa shape index (κ2) is 8.12. The van der Waals surface area contributed by atoms with Crippen molar-refractivity contribution in [2.45, 2.75) is 52.1 Å². The van der Waals surface area contributed by atoms with Crippen LogP contribution in [0.1, 0.15) is 38.7 Å². The summed E-state index contributed by atoms with van der Waals surface area (Å²) in [5.41, 5.74) is 0.345. The Morgan fingerprint density at radius 3 is 2.73 bits per heavy atom. The fraction of sp³-hybridized carbons (Fsp3) is 0.474. The molecule has 0 radical (unpaired) electrons. The molecule has 0 fully saturated rings. The molecule has 2 aromatic rings. The summed E-state index contributed by atoms with van der Waals surface area (Å²) in [4.78, 5) is 41.1. The number of benzene rings is 1. The monoisotopic (exact) mass is 359 g/mol. The number of esters is 1. The van der Waals surface area contributed by atoms with Crippen LogP contribution in [0.5, 0.6) is 0 Å². The first kappa shape index (κ1) is 19.6. The Bertz CT molecular complexity index is 875. The summed E-state index contributed by atoms with van der Waals surface area (Å²) in [6.07, 6.45) is 2.72. The first-order chi connectivity index (χ1) is 12.3. The molecule has 0 spiro atoms. The number of carbonyl (C=O) groups is 2. The van der Waals surface area contributed by atoms with Crippen LogP contribution in [-0.2, 0) is 20.9 Å². The Hall–Kier alpha value is -2.70. The number of hydrogen-bond donors (Lipinski definition) is 1. The molecule has 1 amide bonds. The quantitative estimate of drug-likeness (QED) is 0.763. The van der Waals surface area contributed by atoms with Crippen LogP contribution in [0.2, 0.25) is 0 Å². The van der Waals surface area contributed by atoms with Crippen molar-refractivity contribution in [3.63, 3.8) is 0 Å². The van der Waals surface area contributed by atoms with E-state index < -0.39 is 11.5 Å². The van der Waals surface area contributed by atoms with Crippen molar-refractivity contribution in [2.24, 2.45) is 0 Å². The zero-order chi connectivity index (χ0) is 19.3. The first-order valence-electron chi connectivity index (χ1n) is 8.66. The number of hydrogen-bond acceptors (Lipinski definition) is 5. The number of rotatable bonds is 7. The van der Waals surface area contributed by atoms with Crippen LogP contribution < -0.4 is 10.9 Å². The van der Waals surface area contributed by atoms with Gasteiger partial charge in [0.2, 0.25) is 5.91 Å². The topological polar surface area (TPSA) is 90.3 Å². The smallest absolute Gasteiger partial charge is 0.331 e. The van der Waals surface area contributed by atoms with Crippen LogP contribution >= 0.6 is 0 Å². The molecule has 0 aliphatic rings. The highest BCUT2D eigenvalue weighted by molar-refractivity contribution is 5.87. The zero-order valence-electron chi connectivity index (χ0n) is 15.7. The number of methoxy groups -OCH3 is 1. The third kappa shape index (κ3) is 4.09. The molecule has 1 unspecified atom stereocenters. The number of ether oxygens (including phenoxy) is 1. The number of fused-ring (bicyclic) bond motifs is 1. The molecule has 1 aromatic heterocycles. The van der Waals surface area contributed by atoms with E-state index in [-0.39, 0.29) is 24.4 Å². The molecule has 26 heavy (non-hydrogen) atoms. The number of nitrogens with zero attached hydrogens (tertiary/aromatic N) is 2. The third-order valence-electron chi connectivity index (χ3n) is 4.44. The maximum atomic E-state index is 12.6. The molecule has 7 nitrogen and oxygen atoms in total. The maximum Gasteiger partial charge on any atom is 0.331 e. The van der Waals surface area contributed by atoms with E-state index in [0.29, 0.717) is 17.3 Å². The molecule has 0 aliphatic heterocycles. The van der Waals surface area contributed by atoms with Gasteiger partial charge in [-0.05, 0) is 31.9 Å². The molecule has 1 heterocycles. The largest absolute Gasteiger partial charge is 0.467 e. The lowest BCUT2D eigenvalue weighted by atomic mass is 9.96. The molecule has 1 atom stereocenters. The fourth-order valence-corrected chi connectivity index (χ4v) is 3.03. The summed E-state index contributed by atoms with van der Waals surface area (Å²) < 4.78 is 6.20. The summed E-state index contributed by atoms with van der Waals surface area (Å²) in [7, 11) is 1.30. The molecule has 0 saturated heterocycles. The van der Waals surface area contributed by atoms with E-state index in [1.54, 1.807) is 13.0 Å². The fourth-order valence-electron chi connectivity index (χ4n) is 3.03. The molecule has 1 N–H and O–H groups in total. The van der Waals surface area contributed by atoms with Crippen LogP contribution in [0.25, 0.3) is 10.9 Å². The van der Waals surface area contributed by atoms with Crippen molar-refractivity contribution in [2.75, 3.05) is 7.11 Å². The summed E-state index contributed by atoms with van der Waals surface area (Å²) in [6.45, 7) is 5.65. The second-order valence-electron chi connectivity index (χ2n) is 6.59. The number of aromatic nitrogens is 2. The number of nitrogens with one attached hydrogen (secondary N) is 1. The van der Waals surface area contributed by atoms with Gasteiger partial charge in [0.15, 0.2) is 0 Å². The number of para-hydroxylation sites is 1. The van der Waals surface area contributed by atoms with Gasteiger partial charge in [0.05, 0.1) is 24.3 Å². The van der Waals surface area contributed by atoms with Crippen molar-refractivity contribution < 1.29 is 14.3 Å². The summed E-state index contributed by atoms with van der Waals surface area (Å²) in [5.74, 6) is -0.796. The van der Waals surface area contributed by atoms with E-state index in [1.165, 1.54) is 18.0 Å². The molecule has 140 valence electrons. The van der Waals surface area contributed by atoms with E-state index in [9.17, 15) is 14.4 Å². The van der Waals surface area contributed by atoms with Crippen LogP contribution in [0.3, 0.4) is 0 Å². The number of amides is 1. The highest BCUT2D eigenvalue weighted by Crippen LogP contribution is 2.15. The van der Waals surface area contributed by atoms with E-state index in [2.05, 4.69) is 10.3 Å². The summed E-state index contributed by atoms with van der Waals surface area (Å²) in [5, 5.41) is 3.26. The van der Waals surface area contributed by atoms with Gasteiger partial charge >= 0.3 is 5.97 Å². The van der Waals surface area contributed by atoms with Crippen molar-refractivity contribution in [1.82, 2.24) is 14.9 Å². The molecular formula is C19H25N3O4. The maximum absolute atomic E-state index is 12.6. The molecule has 0 bridgehead atoms. The Labute approximate surface area is 152 Å². The predicted octanol–water partition coefficient (Wildman–Crippen LogP) is 1.94. The molecule has 0 saturated carbocycles. The Kier molecular flexibility index (Phi) is 6.13. The minimum absolute atomic E-state index is 0.0647. The molecule has 7 heteroatoms. The van der Waals surface area contributed by atoms with E-state index in [1.807, 2.05) is 26.0 Å². The highest BCUT2D eigenvalue weighted by Gasteiger charge is 2.34. The average molecular weight is 359 g/mol. The van der Waals surface area contributed by atoms with Crippen LogP contribution in [0, 0.1) is 6.92 Å². The SMILES string of the molecule is CCCC(C)(NC(=O)CCn1cnc2c(C)cccc2c1=O)C(=O)OC. The Balaban J connectivity index is 2.12. The van der Waals surface area contributed by atoms with Gasteiger partial charge < -0.3 is 10.1 Å². The lowest BCUT2D eigenvalue weighted by Crippen LogP contribution is -2.52. The van der Waals surface area contributed by atoms with E-state index >= 15 is 0 Å². The molecular weight excluding hydrogens is 334 g/mol. The lowest BCUT2D eigenvalue weighted by molar-refractivity contribution is -0.150. The zero-order valence-corrected chi connectivity index (χ0v) is 15.7. The number of aryl methyl sites for hydroxylation is 2. The molecule has 1 aromatic carbocycles. The first-order valence-corrected chi connectivity index (χ1v) is 8.66. The normalized spacial score (nSPS) is 13.2. The van der Waals surface area contributed by atoms with Gasteiger partial charge in [-0.2, -0.15) is 0 Å². The van der Waals surface area contributed by atoms with Crippen molar-refractivity contribution in [1.29, 1.82) is 0 Å². The van der Waals surface area contributed by atoms with Gasteiger partial charge in [0.25, 0.3) is 5.56 Å². The van der Waals surface area contributed by atoms with Crippen LogP contribution in [-0.4, -0.2) is 34.1 Å². The van der Waals surface area contributed by atoms with Gasteiger partial charge in [0.1, 0.15) is 5.54 Å². The van der Waals surface area contributed by atoms with E-state index in [0.717, 1.165) is 12.0 Å². The minimum Gasteiger partial charge on any atom is -0.467 e. The van der Waals surface area contributed by atoms with Crippen molar-refractivity contribution >= 4 is 22.8 Å². The van der Waals surface area contributed by atoms with Crippen LogP contribution in [0.4, 0.5) is 0 Å². The van der Waals surface area contributed by atoms with E-state index in [4.69, 9.17) is 4.74 Å². The van der Waals surface area contributed by atoms with Gasteiger partial charge in [0, 0.05) is 13.0 Å². The second-order valence-corrected chi connectivity index (χ2v) is 6.59. The average Bonchev–Trinajstić information content (AvgIpc) is 2.61. The van der Waals surface area contributed by atoms with Gasteiger partial charge in [-0.25, -0.2) is 9.78 Å². The van der Waals surface area contributed by atoms with Gasteiger partial charge in [-0.1, -0.05) is 25.5 Å². The van der Waals surface area contributed by atoms with Crippen LogP contribution in [0.15, 0.2) is 29.3 Å². The lowest BCUT2D eigenvalue weighted by Gasteiger charge is -2.27. The van der Waals surface area contributed by atoms with Crippen molar-refractivity contribution in [3.05, 3.63) is 40.4 Å². The molecule has 0 aliphatic carbocycles. The standard InChI is InChI=1S/C19H25N3O4/c1-5-10-19(3,18(25)26-4)21-15(23)9-11-22-12-20-16-13(2)7-6-8-14(16)17(22)24/h6-8,12H,5,9-11H2,1-4H3,(H,21,23). The third-order valence-corrected chi connectivity index (χ3v) is 4.44. The molecule has 2 rings (SSSR count). The number of carbonyl (C=O) groups excluding carboxylic acids is 2. The minimum atomic E-state index is -1.07.